The van der Waals surface area contributed by atoms with E-state index in [1.54, 1.807) is 44.4 Å². The van der Waals surface area contributed by atoms with E-state index >= 15 is 0 Å². The fourth-order valence-electron chi connectivity index (χ4n) is 1.47. The summed E-state index contributed by atoms with van der Waals surface area (Å²) in [7, 11) is 1.57. The van der Waals surface area contributed by atoms with Crippen LogP contribution in [0.3, 0.4) is 0 Å². The first-order chi connectivity index (χ1) is 10.2. The van der Waals surface area contributed by atoms with Crippen molar-refractivity contribution in [2.24, 2.45) is 0 Å². The van der Waals surface area contributed by atoms with Crippen LogP contribution in [0.15, 0.2) is 30.3 Å². The third kappa shape index (κ3) is 7.12. The molecule has 6 nitrogen and oxygen atoms in total. The molecule has 0 aromatic heterocycles. The lowest BCUT2D eigenvalue weighted by atomic mass is 10.2. The molecule has 21 heavy (non-hydrogen) atoms. The van der Waals surface area contributed by atoms with Gasteiger partial charge in [-0.3, -0.25) is 0 Å². The lowest BCUT2D eigenvalue weighted by Crippen LogP contribution is -2.31. The van der Waals surface area contributed by atoms with Crippen LogP contribution in [-0.4, -0.2) is 38.9 Å². The summed E-state index contributed by atoms with van der Waals surface area (Å²) >= 11 is 0. The van der Waals surface area contributed by atoms with Gasteiger partial charge in [-0.05, 0) is 30.7 Å². The zero-order valence-electron chi connectivity index (χ0n) is 12.2. The number of amides is 2. The van der Waals surface area contributed by atoms with Crippen molar-refractivity contribution in [1.82, 2.24) is 5.32 Å². The van der Waals surface area contributed by atoms with Gasteiger partial charge in [0.05, 0.1) is 13.2 Å². The van der Waals surface area contributed by atoms with Gasteiger partial charge in [0.2, 0.25) is 0 Å². The molecule has 2 N–H and O–H groups in total. The molecule has 2 amide bonds. The van der Waals surface area contributed by atoms with Gasteiger partial charge in [0, 0.05) is 25.4 Å². The molecule has 114 valence electrons. The standard InChI is InChI=1S/C15H20N2O4/c1-3-21-14(18)9-6-12-4-7-13(8-5-12)17-15(19)16-10-11-20-2/h4-9H,3,10-11H2,1-2H3,(H2,16,17,19). The van der Waals surface area contributed by atoms with E-state index in [2.05, 4.69) is 10.6 Å². The Balaban J connectivity index is 2.46. The van der Waals surface area contributed by atoms with Crippen molar-refractivity contribution in [2.45, 2.75) is 6.92 Å². The predicted molar refractivity (Wildman–Crippen MR) is 81.0 cm³/mol. The molecule has 0 unspecified atom stereocenters. The van der Waals surface area contributed by atoms with Crippen LogP contribution in [0.5, 0.6) is 0 Å². The predicted octanol–water partition coefficient (Wildman–Crippen LogP) is 2.03. The average Bonchev–Trinajstić information content (AvgIpc) is 2.47. The Labute approximate surface area is 124 Å². The van der Waals surface area contributed by atoms with Crippen molar-refractivity contribution >= 4 is 23.8 Å². The fourth-order valence-corrected chi connectivity index (χ4v) is 1.47. The molecule has 0 aliphatic carbocycles. The van der Waals surface area contributed by atoms with Crippen LogP contribution < -0.4 is 10.6 Å². The molecule has 0 atom stereocenters. The van der Waals surface area contributed by atoms with Crippen LogP contribution in [-0.2, 0) is 14.3 Å². The zero-order chi connectivity index (χ0) is 15.5. The largest absolute Gasteiger partial charge is 0.463 e. The van der Waals surface area contributed by atoms with E-state index in [0.717, 1.165) is 5.56 Å². The summed E-state index contributed by atoms with van der Waals surface area (Å²) in [6.07, 6.45) is 3.02. The maximum Gasteiger partial charge on any atom is 0.330 e. The number of rotatable bonds is 7. The van der Waals surface area contributed by atoms with Gasteiger partial charge in [0.25, 0.3) is 0 Å². The van der Waals surface area contributed by atoms with E-state index in [1.807, 2.05) is 0 Å². The maximum absolute atomic E-state index is 11.5. The maximum atomic E-state index is 11.5. The number of carbonyl (C=O) groups is 2. The van der Waals surface area contributed by atoms with E-state index < -0.39 is 0 Å². The van der Waals surface area contributed by atoms with Crippen LogP contribution in [0.4, 0.5) is 10.5 Å². The Kier molecular flexibility index (Phi) is 7.60. The third-order valence-corrected chi connectivity index (χ3v) is 2.46. The number of carbonyl (C=O) groups excluding carboxylic acids is 2. The summed E-state index contributed by atoms with van der Waals surface area (Å²) in [6, 6.07) is 6.80. The molecule has 0 heterocycles. The molecule has 0 aliphatic rings. The minimum absolute atomic E-state index is 0.290. The summed E-state index contributed by atoms with van der Waals surface area (Å²) in [5.41, 5.74) is 1.51. The van der Waals surface area contributed by atoms with Crippen molar-refractivity contribution in [3.8, 4) is 0 Å². The van der Waals surface area contributed by atoms with E-state index in [0.29, 0.717) is 25.4 Å². The quantitative estimate of drug-likeness (QED) is 0.458. The third-order valence-electron chi connectivity index (χ3n) is 2.46. The number of nitrogens with one attached hydrogen (secondary N) is 2. The second-order valence-electron chi connectivity index (χ2n) is 4.08. The number of methoxy groups -OCH3 is 1. The molecule has 6 heteroatoms. The Morgan fingerprint density at radius 3 is 2.57 bits per heavy atom. The van der Waals surface area contributed by atoms with Gasteiger partial charge in [-0.1, -0.05) is 12.1 Å². The summed E-state index contributed by atoms with van der Waals surface area (Å²) in [6.45, 7) is 3.02. The van der Waals surface area contributed by atoms with Crippen LogP contribution in [0.1, 0.15) is 12.5 Å². The molecule has 0 bridgehead atoms. The molecular weight excluding hydrogens is 272 g/mol. The minimum Gasteiger partial charge on any atom is -0.463 e. The first-order valence-corrected chi connectivity index (χ1v) is 6.64. The fraction of sp³-hybridized carbons (Fsp3) is 0.333. The number of urea groups is 1. The van der Waals surface area contributed by atoms with Crippen molar-refractivity contribution in [1.29, 1.82) is 0 Å². The lowest BCUT2D eigenvalue weighted by molar-refractivity contribution is -0.137. The van der Waals surface area contributed by atoms with Crippen molar-refractivity contribution < 1.29 is 19.1 Å². The Bertz CT molecular complexity index is 483. The molecule has 1 aromatic rings. The number of hydrogen-bond donors (Lipinski definition) is 2. The second kappa shape index (κ2) is 9.55. The van der Waals surface area contributed by atoms with Gasteiger partial charge < -0.3 is 20.1 Å². The molecular formula is C15H20N2O4. The Hall–Kier alpha value is -2.34. The highest BCUT2D eigenvalue weighted by Crippen LogP contribution is 2.10. The monoisotopic (exact) mass is 292 g/mol. The van der Waals surface area contributed by atoms with Gasteiger partial charge in [0.1, 0.15) is 0 Å². The average molecular weight is 292 g/mol. The first kappa shape index (κ1) is 16.7. The highest BCUT2D eigenvalue weighted by molar-refractivity contribution is 5.90. The normalized spacial score (nSPS) is 10.4. The SMILES string of the molecule is CCOC(=O)C=Cc1ccc(NC(=O)NCCOC)cc1. The highest BCUT2D eigenvalue weighted by atomic mass is 16.5. The number of esters is 1. The van der Waals surface area contributed by atoms with E-state index in [-0.39, 0.29) is 12.0 Å². The molecule has 0 saturated heterocycles. The topological polar surface area (TPSA) is 76.7 Å². The van der Waals surface area contributed by atoms with E-state index in [4.69, 9.17) is 9.47 Å². The Morgan fingerprint density at radius 2 is 1.95 bits per heavy atom. The van der Waals surface area contributed by atoms with Crippen LogP contribution in [0.25, 0.3) is 6.08 Å². The highest BCUT2D eigenvalue weighted by Gasteiger charge is 2.00. The van der Waals surface area contributed by atoms with Crippen LogP contribution in [0, 0.1) is 0 Å². The van der Waals surface area contributed by atoms with Gasteiger partial charge in [-0.2, -0.15) is 0 Å². The van der Waals surface area contributed by atoms with Crippen LogP contribution in [0.2, 0.25) is 0 Å². The minimum atomic E-state index is -0.378. The van der Waals surface area contributed by atoms with Gasteiger partial charge in [-0.15, -0.1) is 0 Å². The second-order valence-corrected chi connectivity index (χ2v) is 4.08. The molecule has 0 saturated carbocycles. The summed E-state index contributed by atoms with van der Waals surface area (Å²) in [4.78, 5) is 22.7. The molecule has 1 aromatic carbocycles. The number of hydrogen-bond acceptors (Lipinski definition) is 4. The van der Waals surface area contributed by atoms with Gasteiger partial charge in [0.15, 0.2) is 0 Å². The molecule has 1 rings (SSSR count). The summed E-state index contributed by atoms with van der Waals surface area (Å²) in [5.74, 6) is -0.378. The van der Waals surface area contributed by atoms with E-state index in [9.17, 15) is 9.59 Å². The molecule has 0 spiro atoms. The van der Waals surface area contributed by atoms with Crippen molar-refractivity contribution in [3.05, 3.63) is 35.9 Å². The molecule has 0 radical (unpaired) electrons. The van der Waals surface area contributed by atoms with Gasteiger partial charge in [-0.25, -0.2) is 9.59 Å². The number of ether oxygens (including phenoxy) is 2. The Morgan fingerprint density at radius 1 is 1.24 bits per heavy atom. The summed E-state index contributed by atoms with van der Waals surface area (Å²) < 4.78 is 9.62. The number of benzene rings is 1. The van der Waals surface area contributed by atoms with Crippen molar-refractivity contribution in [3.63, 3.8) is 0 Å². The van der Waals surface area contributed by atoms with E-state index in [1.165, 1.54) is 6.08 Å². The van der Waals surface area contributed by atoms with Crippen LogP contribution >= 0.6 is 0 Å². The summed E-state index contributed by atoms with van der Waals surface area (Å²) in [5, 5.41) is 5.34. The molecule has 0 aliphatic heterocycles. The molecule has 0 fully saturated rings. The lowest BCUT2D eigenvalue weighted by Gasteiger charge is -2.07. The zero-order valence-corrected chi connectivity index (χ0v) is 12.2. The van der Waals surface area contributed by atoms with Gasteiger partial charge >= 0.3 is 12.0 Å². The van der Waals surface area contributed by atoms with Crippen molar-refractivity contribution in [2.75, 3.05) is 32.2 Å². The number of anilines is 1. The smallest absolute Gasteiger partial charge is 0.330 e. The first-order valence-electron chi connectivity index (χ1n) is 6.64.